The zero-order chi connectivity index (χ0) is 14.0. The lowest BCUT2D eigenvalue weighted by molar-refractivity contribution is -0.142. The highest BCUT2D eigenvalue weighted by atomic mass is 16.4. The van der Waals surface area contributed by atoms with Crippen LogP contribution in [0, 0.1) is 10.8 Å². The van der Waals surface area contributed by atoms with Crippen LogP contribution in [0.3, 0.4) is 0 Å². The van der Waals surface area contributed by atoms with Gasteiger partial charge in [-0.1, -0.05) is 65.0 Å². The highest BCUT2D eigenvalue weighted by Gasteiger charge is 2.38. The van der Waals surface area contributed by atoms with Gasteiger partial charge in [-0.2, -0.15) is 0 Å². The van der Waals surface area contributed by atoms with Crippen molar-refractivity contribution in [3.05, 3.63) is 35.9 Å². The number of rotatable bonds is 4. The van der Waals surface area contributed by atoms with Crippen molar-refractivity contribution in [3.8, 4) is 0 Å². The van der Waals surface area contributed by atoms with E-state index < -0.39 is 11.9 Å². The van der Waals surface area contributed by atoms with Gasteiger partial charge in [0.1, 0.15) is 0 Å². The normalized spacial score (nSPS) is 14.3. The molecule has 1 N–H and O–H groups in total. The molecule has 0 heterocycles. The quantitative estimate of drug-likeness (QED) is 0.861. The van der Waals surface area contributed by atoms with E-state index >= 15 is 0 Å². The summed E-state index contributed by atoms with van der Waals surface area (Å²) in [4.78, 5) is 11.6. The van der Waals surface area contributed by atoms with E-state index in [1.807, 2.05) is 44.2 Å². The summed E-state index contributed by atoms with van der Waals surface area (Å²) in [5.74, 6) is -1.20. The van der Waals surface area contributed by atoms with Crippen LogP contribution >= 0.6 is 0 Å². The number of benzene rings is 1. The molecule has 1 atom stereocenters. The van der Waals surface area contributed by atoms with Gasteiger partial charge in [0.05, 0.1) is 5.92 Å². The standard InChI is InChI=1S/C16H24O2/c1-15(2,3)11-16(4,5)13(14(17)18)12-9-7-6-8-10-12/h6-10,13H,11H2,1-5H3,(H,17,18). The molecule has 2 heteroatoms. The summed E-state index contributed by atoms with van der Waals surface area (Å²) in [6.45, 7) is 10.5. The van der Waals surface area contributed by atoms with Crippen LogP contribution in [0.4, 0.5) is 0 Å². The monoisotopic (exact) mass is 248 g/mol. The molecule has 0 spiro atoms. The number of carboxylic acid groups (broad SMARTS) is 1. The molecule has 1 rings (SSSR count). The van der Waals surface area contributed by atoms with Gasteiger partial charge in [-0.3, -0.25) is 4.79 Å². The first kappa shape index (κ1) is 14.7. The minimum atomic E-state index is -0.740. The van der Waals surface area contributed by atoms with E-state index in [2.05, 4.69) is 20.8 Å². The van der Waals surface area contributed by atoms with Gasteiger partial charge in [0.2, 0.25) is 0 Å². The molecule has 18 heavy (non-hydrogen) atoms. The Morgan fingerprint density at radius 3 is 2.00 bits per heavy atom. The van der Waals surface area contributed by atoms with E-state index in [0.29, 0.717) is 0 Å². The van der Waals surface area contributed by atoms with Crippen LogP contribution in [0.1, 0.15) is 52.5 Å². The van der Waals surface area contributed by atoms with Gasteiger partial charge in [-0.25, -0.2) is 0 Å². The average molecular weight is 248 g/mol. The fraction of sp³-hybridized carbons (Fsp3) is 0.562. The maximum atomic E-state index is 11.6. The van der Waals surface area contributed by atoms with Crippen molar-refractivity contribution in [1.29, 1.82) is 0 Å². The number of carbonyl (C=O) groups is 1. The molecule has 0 aliphatic rings. The molecule has 0 saturated carbocycles. The van der Waals surface area contributed by atoms with E-state index in [4.69, 9.17) is 0 Å². The van der Waals surface area contributed by atoms with Crippen molar-refractivity contribution in [3.63, 3.8) is 0 Å². The number of hydrogen-bond donors (Lipinski definition) is 1. The second-order valence-corrected chi connectivity index (χ2v) is 6.91. The SMILES string of the molecule is CC(C)(C)CC(C)(C)C(C(=O)O)c1ccccc1. The molecule has 2 nitrogen and oxygen atoms in total. The van der Waals surface area contributed by atoms with Crippen LogP contribution < -0.4 is 0 Å². The zero-order valence-electron chi connectivity index (χ0n) is 12.0. The van der Waals surface area contributed by atoms with E-state index in [1.165, 1.54) is 0 Å². The van der Waals surface area contributed by atoms with Gasteiger partial charge in [0.25, 0.3) is 0 Å². The molecule has 0 bridgehead atoms. The van der Waals surface area contributed by atoms with Gasteiger partial charge in [-0.15, -0.1) is 0 Å². The largest absolute Gasteiger partial charge is 0.481 e. The van der Waals surface area contributed by atoms with Crippen LogP contribution in [0.2, 0.25) is 0 Å². The lowest BCUT2D eigenvalue weighted by Crippen LogP contribution is -2.32. The molecule has 0 aliphatic heterocycles. The Balaban J connectivity index is 3.10. The van der Waals surface area contributed by atoms with Crippen LogP contribution in [0.5, 0.6) is 0 Å². The Kier molecular flexibility index (Phi) is 4.20. The summed E-state index contributed by atoms with van der Waals surface area (Å²) in [5.41, 5.74) is 0.733. The minimum absolute atomic E-state index is 0.117. The molecule has 1 aromatic carbocycles. The molecule has 0 fully saturated rings. The Hall–Kier alpha value is -1.31. The second kappa shape index (κ2) is 5.13. The zero-order valence-corrected chi connectivity index (χ0v) is 12.0. The molecule has 1 aromatic rings. The molecule has 0 aromatic heterocycles. The highest BCUT2D eigenvalue weighted by molar-refractivity contribution is 5.77. The van der Waals surface area contributed by atoms with Gasteiger partial charge in [0.15, 0.2) is 0 Å². The van der Waals surface area contributed by atoms with Crippen LogP contribution in [-0.4, -0.2) is 11.1 Å². The highest BCUT2D eigenvalue weighted by Crippen LogP contribution is 2.44. The predicted octanol–water partition coefficient (Wildman–Crippen LogP) is 4.32. The van der Waals surface area contributed by atoms with Gasteiger partial charge in [0, 0.05) is 0 Å². The molecule has 0 aliphatic carbocycles. The first-order valence-corrected chi connectivity index (χ1v) is 6.41. The number of hydrogen-bond acceptors (Lipinski definition) is 1. The summed E-state index contributed by atoms with van der Waals surface area (Å²) in [6.07, 6.45) is 0.867. The van der Waals surface area contributed by atoms with Crippen molar-refractivity contribution < 1.29 is 9.90 Å². The molecule has 0 amide bonds. The van der Waals surface area contributed by atoms with Gasteiger partial charge >= 0.3 is 5.97 Å². The van der Waals surface area contributed by atoms with E-state index in [0.717, 1.165) is 12.0 Å². The van der Waals surface area contributed by atoms with E-state index in [9.17, 15) is 9.90 Å². The van der Waals surface area contributed by atoms with Crippen LogP contribution in [0.15, 0.2) is 30.3 Å². The summed E-state index contributed by atoms with van der Waals surface area (Å²) in [5, 5.41) is 9.56. The Morgan fingerprint density at radius 2 is 1.61 bits per heavy atom. The minimum Gasteiger partial charge on any atom is -0.481 e. The maximum Gasteiger partial charge on any atom is 0.311 e. The third-order valence-corrected chi connectivity index (χ3v) is 3.15. The smallest absolute Gasteiger partial charge is 0.311 e. The van der Waals surface area contributed by atoms with Crippen molar-refractivity contribution in [2.45, 2.75) is 47.0 Å². The van der Waals surface area contributed by atoms with Crippen molar-refractivity contribution in [2.75, 3.05) is 0 Å². The lowest BCUT2D eigenvalue weighted by atomic mass is 9.67. The average Bonchev–Trinajstić information content (AvgIpc) is 2.13. The van der Waals surface area contributed by atoms with Crippen molar-refractivity contribution in [1.82, 2.24) is 0 Å². The molecule has 100 valence electrons. The third-order valence-electron chi connectivity index (χ3n) is 3.15. The Bertz CT molecular complexity index is 399. The number of carboxylic acids is 1. The topological polar surface area (TPSA) is 37.3 Å². The molecular formula is C16H24O2. The summed E-state index contributed by atoms with van der Waals surface area (Å²) < 4.78 is 0. The third kappa shape index (κ3) is 3.86. The first-order chi connectivity index (χ1) is 8.13. The van der Waals surface area contributed by atoms with Crippen molar-refractivity contribution in [2.24, 2.45) is 10.8 Å². The molecule has 0 radical (unpaired) electrons. The fourth-order valence-corrected chi connectivity index (χ4v) is 3.04. The first-order valence-electron chi connectivity index (χ1n) is 6.41. The summed E-state index contributed by atoms with van der Waals surface area (Å²) >= 11 is 0. The second-order valence-electron chi connectivity index (χ2n) is 6.91. The Labute approximate surface area is 110 Å². The maximum absolute atomic E-state index is 11.6. The predicted molar refractivity (Wildman–Crippen MR) is 74.7 cm³/mol. The lowest BCUT2D eigenvalue weighted by Gasteiger charge is -2.37. The molecule has 1 unspecified atom stereocenters. The Morgan fingerprint density at radius 1 is 1.11 bits per heavy atom. The summed E-state index contributed by atoms with van der Waals surface area (Å²) in [6, 6.07) is 9.53. The molecule has 0 saturated heterocycles. The van der Waals surface area contributed by atoms with Crippen molar-refractivity contribution >= 4 is 5.97 Å². The number of aliphatic carboxylic acids is 1. The van der Waals surface area contributed by atoms with Gasteiger partial charge in [-0.05, 0) is 22.8 Å². The van der Waals surface area contributed by atoms with Crippen LogP contribution in [-0.2, 0) is 4.79 Å². The summed E-state index contributed by atoms with van der Waals surface area (Å²) in [7, 11) is 0. The molecular weight excluding hydrogens is 224 g/mol. The van der Waals surface area contributed by atoms with E-state index in [-0.39, 0.29) is 10.8 Å². The fourth-order valence-electron chi connectivity index (χ4n) is 3.04. The van der Waals surface area contributed by atoms with Crippen LogP contribution in [0.25, 0.3) is 0 Å². The van der Waals surface area contributed by atoms with Gasteiger partial charge < -0.3 is 5.11 Å². The van der Waals surface area contributed by atoms with E-state index in [1.54, 1.807) is 0 Å².